The molecule has 122 valence electrons. The monoisotopic (exact) mass is 316 g/mol. The fourth-order valence-electron chi connectivity index (χ4n) is 2.20. The van der Waals surface area contributed by atoms with Crippen LogP contribution >= 0.6 is 0 Å². The second kappa shape index (κ2) is 10.2. The molecule has 0 N–H and O–H groups in total. The topological polar surface area (TPSA) is 24.7 Å². The van der Waals surface area contributed by atoms with Crippen LogP contribution in [0.3, 0.4) is 0 Å². The Bertz CT molecular complexity index is 732. The molecule has 2 aromatic rings. The fourth-order valence-corrected chi connectivity index (χ4v) is 2.20. The first-order valence-electron chi connectivity index (χ1n) is 8.59. The summed E-state index contributed by atoms with van der Waals surface area (Å²) in [6.45, 7) is 4.24. The Hall–Kier alpha value is -2.66. The molecule has 0 radical (unpaired) electrons. The van der Waals surface area contributed by atoms with Crippen molar-refractivity contribution < 1.29 is 0 Å². The zero-order chi connectivity index (χ0) is 17.0. The van der Waals surface area contributed by atoms with Gasteiger partial charge in [0.15, 0.2) is 0 Å². The van der Waals surface area contributed by atoms with E-state index >= 15 is 0 Å². The normalized spacial score (nSPS) is 11.8. The van der Waals surface area contributed by atoms with E-state index in [0.29, 0.717) is 0 Å². The minimum absolute atomic E-state index is 0.778. The Kier molecular flexibility index (Phi) is 7.50. The van der Waals surface area contributed by atoms with Crippen LogP contribution in [-0.4, -0.2) is 11.4 Å². The van der Waals surface area contributed by atoms with Crippen LogP contribution in [-0.2, 0) is 0 Å². The number of aliphatic imine (C=N–C) groups is 2. The van der Waals surface area contributed by atoms with Gasteiger partial charge in [-0.2, -0.15) is 0 Å². The van der Waals surface area contributed by atoms with E-state index in [2.05, 4.69) is 18.8 Å². The molecule has 24 heavy (non-hydrogen) atoms. The first-order chi connectivity index (χ1) is 11.8. The number of hydrogen-bond donors (Lipinski definition) is 0. The second-order valence-electron chi connectivity index (χ2n) is 5.45. The summed E-state index contributed by atoms with van der Waals surface area (Å²) in [4.78, 5) is 9.59. The van der Waals surface area contributed by atoms with Gasteiger partial charge in [0.05, 0.1) is 17.1 Å². The van der Waals surface area contributed by atoms with Crippen molar-refractivity contribution >= 4 is 22.8 Å². The van der Waals surface area contributed by atoms with Gasteiger partial charge in [-0.05, 0) is 43.0 Å². The maximum atomic E-state index is 4.83. The summed E-state index contributed by atoms with van der Waals surface area (Å²) in [5, 5.41) is 0. The lowest BCUT2D eigenvalue weighted by Gasteiger charge is -2.06. The Labute approximate surface area is 145 Å². The Morgan fingerprint density at radius 1 is 0.833 bits per heavy atom. The Balaban J connectivity index is 2.44. The summed E-state index contributed by atoms with van der Waals surface area (Å²) in [7, 11) is 0. The van der Waals surface area contributed by atoms with Gasteiger partial charge in [0.2, 0.25) is 0 Å². The predicted molar refractivity (Wildman–Crippen MR) is 105 cm³/mol. The van der Waals surface area contributed by atoms with Crippen LogP contribution in [0.15, 0.2) is 70.6 Å². The lowest BCUT2D eigenvalue weighted by Crippen LogP contribution is -2.12. The smallest absolute Gasteiger partial charge is 0.135 e. The average Bonchev–Trinajstić information content (AvgIpc) is 2.64. The number of benzene rings is 2. The van der Waals surface area contributed by atoms with E-state index in [-0.39, 0.29) is 0 Å². The molecule has 0 atom stereocenters. The van der Waals surface area contributed by atoms with E-state index in [1.165, 1.54) is 0 Å². The molecule has 2 rings (SSSR count). The lowest BCUT2D eigenvalue weighted by atomic mass is 10.1. The summed E-state index contributed by atoms with van der Waals surface area (Å²) >= 11 is 0. The van der Waals surface area contributed by atoms with Crippen LogP contribution in [0.25, 0.3) is 0 Å². The average molecular weight is 316 g/mol. The molecule has 0 spiro atoms. The van der Waals surface area contributed by atoms with Gasteiger partial charge in [-0.15, -0.1) is 0 Å². The van der Waals surface area contributed by atoms with Crippen LogP contribution in [0.2, 0.25) is 0 Å². The van der Waals surface area contributed by atoms with Gasteiger partial charge in [-0.1, -0.05) is 62.6 Å². The van der Waals surface area contributed by atoms with Gasteiger partial charge in [0, 0.05) is 6.42 Å². The van der Waals surface area contributed by atoms with E-state index in [9.17, 15) is 0 Å². The fraction of sp³-hybridized carbons (Fsp3) is 0.273. The number of nitrogens with zero attached hydrogens (tertiary/aromatic N) is 2. The van der Waals surface area contributed by atoms with E-state index < -0.39 is 0 Å². The third kappa shape index (κ3) is 5.85. The van der Waals surface area contributed by atoms with Gasteiger partial charge < -0.3 is 0 Å². The molecule has 0 bridgehead atoms. The standard InChI is InChI=1S/C22H24N2/c1-3-5-17-21(23-19-13-9-7-10-14-19)22(18-6-4-2)24-20-15-11-8-12-16-20/h7-16H,3-5,17H2,1-2H3. The summed E-state index contributed by atoms with van der Waals surface area (Å²) in [5.41, 5.74) is 3.60. The molecule has 2 aromatic carbocycles. The first kappa shape index (κ1) is 17.7. The zero-order valence-corrected chi connectivity index (χ0v) is 14.5. The lowest BCUT2D eigenvalue weighted by molar-refractivity contribution is 0.838. The van der Waals surface area contributed by atoms with Gasteiger partial charge in [-0.3, -0.25) is 4.99 Å². The van der Waals surface area contributed by atoms with E-state index in [1.807, 2.05) is 67.6 Å². The minimum atomic E-state index is 0.778. The highest BCUT2D eigenvalue weighted by Crippen LogP contribution is 2.16. The highest BCUT2D eigenvalue weighted by Gasteiger charge is 2.08. The van der Waals surface area contributed by atoms with Crippen molar-refractivity contribution in [3.63, 3.8) is 0 Å². The molecule has 0 heterocycles. The van der Waals surface area contributed by atoms with Crippen LogP contribution < -0.4 is 0 Å². The number of rotatable bonds is 6. The zero-order valence-electron chi connectivity index (χ0n) is 14.5. The SMILES string of the molecule is CCC#CC(=Nc1ccccc1)C(CCCC)=Nc1ccccc1. The van der Waals surface area contributed by atoms with Crippen LogP contribution in [0.5, 0.6) is 0 Å². The van der Waals surface area contributed by atoms with Crippen molar-refractivity contribution in [2.45, 2.75) is 39.5 Å². The molecule has 0 saturated heterocycles. The summed E-state index contributed by atoms with van der Waals surface area (Å²) in [6, 6.07) is 20.0. The first-order valence-corrected chi connectivity index (χ1v) is 8.59. The maximum Gasteiger partial charge on any atom is 0.135 e. The Morgan fingerprint density at radius 2 is 1.42 bits per heavy atom. The molecule has 0 saturated carbocycles. The van der Waals surface area contributed by atoms with Crippen LogP contribution in [0.1, 0.15) is 39.5 Å². The molecule has 2 nitrogen and oxygen atoms in total. The third-order valence-corrected chi connectivity index (χ3v) is 3.44. The molecule has 0 aliphatic heterocycles. The highest BCUT2D eigenvalue weighted by atomic mass is 14.8. The molecular formula is C22H24N2. The molecule has 0 aliphatic rings. The van der Waals surface area contributed by atoms with Crippen LogP contribution in [0.4, 0.5) is 11.4 Å². The van der Waals surface area contributed by atoms with E-state index in [1.54, 1.807) is 0 Å². The van der Waals surface area contributed by atoms with Crippen molar-refractivity contribution in [3.8, 4) is 11.8 Å². The summed E-state index contributed by atoms with van der Waals surface area (Å²) < 4.78 is 0. The van der Waals surface area contributed by atoms with Gasteiger partial charge in [-0.25, -0.2) is 4.99 Å². The van der Waals surface area contributed by atoms with Crippen molar-refractivity contribution in [1.29, 1.82) is 0 Å². The van der Waals surface area contributed by atoms with E-state index in [0.717, 1.165) is 48.5 Å². The second-order valence-corrected chi connectivity index (χ2v) is 5.45. The third-order valence-electron chi connectivity index (χ3n) is 3.44. The van der Waals surface area contributed by atoms with Gasteiger partial charge >= 0.3 is 0 Å². The molecule has 0 aliphatic carbocycles. The van der Waals surface area contributed by atoms with E-state index in [4.69, 9.17) is 9.98 Å². The number of unbranched alkanes of at least 4 members (excludes halogenated alkanes) is 1. The molecular weight excluding hydrogens is 292 g/mol. The predicted octanol–water partition coefficient (Wildman–Crippen LogP) is 6.14. The summed E-state index contributed by atoms with van der Waals surface area (Å²) in [6.07, 6.45) is 3.89. The van der Waals surface area contributed by atoms with Gasteiger partial charge in [0.1, 0.15) is 5.71 Å². The van der Waals surface area contributed by atoms with Crippen molar-refractivity contribution in [2.75, 3.05) is 0 Å². The van der Waals surface area contributed by atoms with Crippen LogP contribution in [0, 0.1) is 11.8 Å². The maximum absolute atomic E-state index is 4.83. The Morgan fingerprint density at radius 3 is 1.96 bits per heavy atom. The van der Waals surface area contributed by atoms with Gasteiger partial charge in [0.25, 0.3) is 0 Å². The molecule has 0 fully saturated rings. The molecule has 0 aromatic heterocycles. The highest BCUT2D eigenvalue weighted by molar-refractivity contribution is 6.49. The molecule has 0 amide bonds. The summed E-state index contributed by atoms with van der Waals surface area (Å²) in [5.74, 6) is 6.37. The van der Waals surface area contributed by atoms with Crippen molar-refractivity contribution in [3.05, 3.63) is 60.7 Å². The molecule has 0 unspecified atom stereocenters. The number of hydrogen-bond acceptors (Lipinski definition) is 2. The minimum Gasteiger partial charge on any atom is -0.251 e. The van der Waals surface area contributed by atoms with Crippen molar-refractivity contribution in [1.82, 2.24) is 0 Å². The van der Waals surface area contributed by atoms with Crippen molar-refractivity contribution in [2.24, 2.45) is 9.98 Å². The largest absolute Gasteiger partial charge is 0.251 e. The number of para-hydroxylation sites is 2. The quantitative estimate of drug-likeness (QED) is 0.452. The molecule has 2 heteroatoms.